The monoisotopic (exact) mass is 230 g/mol. The highest BCUT2D eigenvalue weighted by Crippen LogP contribution is 2.27. The Morgan fingerprint density at radius 1 is 1.41 bits per heavy atom. The van der Waals surface area contributed by atoms with Gasteiger partial charge in [-0.25, -0.2) is 9.97 Å². The third kappa shape index (κ3) is 1.86. The average Bonchev–Trinajstić information content (AvgIpc) is 2.98. The third-order valence-electron chi connectivity index (χ3n) is 3.19. The Kier molecular flexibility index (Phi) is 2.47. The molecule has 1 fully saturated rings. The van der Waals surface area contributed by atoms with Gasteiger partial charge in [0.05, 0.1) is 0 Å². The minimum atomic E-state index is 0.442. The molecule has 1 aliphatic rings. The predicted octanol–water partition coefficient (Wildman–Crippen LogP) is 0.599. The molecule has 0 saturated carbocycles. The molecule has 3 rings (SSSR count). The van der Waals surface area contributed by atoms with Gasteiger partial charge >= 0.3 is 0 Å². The van der Waals surface area contributed by atoms with Crippen LogP contribution in [0.5, 0.6) is 0 Å². The highest BCUT2D eigenvalue weighted by atomic mass is 15.3. The summed E-state index contributed by atoms with van der Waals surface area (Å²) in [5, 5.41) is 8.11. The molecule has 17 heavy (non-hydrogen) atoms. The fourth-order valence-corrected chi connectivity index (χ4v) is 2.31. The topological polar surface area (TPSA) is 59.7 Å². The van der Waals surface area contributed by atoms with Crippen LogP contribution in [0.1, 0.15) is 18.2 Å². The van der Waals surface area contributed by atoms with Gasteiger partial charge < -0.3 is 9.47 Å². The van der Waals surface area contributed by atoms with Gasteiger partial charge in [0.25, 0.3) is 0 Å². The fourth-order valence-electron chi connectivity index (χ4n) is 2.31. The van der Waals surface area contributed by atoms with E-state index < -0.39 is 0 Å². The number of hydrogen-bond acceptors (Lipinski definition) is 5. The minimum absolute atomic E-state index is 0.442. The molecule has 0 aliphatic carbocycles. The quantitative estimate of drug-likeness (QED) is 0.756. The van der Waals surface area contributed by atoms with Crippen molar-refractivity contribution in [2.75, 3.05) is 18.0 Å². The Hall–Kier alpha value is -1.98. The summed E-state index contributed by atoms with van der Waals surface area (Å²) in [6.45, 7) is 1.96. The van der Waals surface area contributed by atoms with Crippen molar-refractivity contribution >= 4 is 5.82 Å². The van der Waals surface area contributed by atoms with Gasteiger partial charge in [0.15, 0.2) is 0 Å². The molecule has 2 aromatic heterocycles. The number of rotatable bonds is 2. The first-order valence-electron chi connectivity index (χ1n) is 5.69. The molecule has 0 aromatic carbocycles. The fraction of sp³-hybridized carbons (Fsp3) is 0.455. The first kappa shape index (κ1) is 10.2. The van der Waals surface area contributed by atoms with Crippen LogP contribution >= 0.6 is 0 Å². The highest BCUT2D eigenvalue weighted by Gasteiger charge is 2.27. The molecular weight excluding hydrogens is 216 g/mol. The van der Waals surface area contributed by atoms with Gasteiger partial charge in [-0.2, -0.15) is 0 Å². The van der Waals surface area contributed by atoms with Gasteiger partial charge in [0.1, 0.15) is 24.3 Å². The van der Waals surface area contributed by atoms with Crippen molar-refractivity contribution in [2.45, 2.75) is 12.3 Å². The summed E-state index contributed by atoms with van der Waals surface area (Å²) in [5.41, 5.74) is 0. The highest BCUT2D eigenvalue weighted by molar-refractivity contribution is 5.38. The zero-order valence-electron chi connectivity index (χ0n) is 9.69. The Labute approximate surface area is 99.3 Å². The molecule has 0 N–H and O–H groups in total. The molecule has 1 unspecified atom stereocenters. The lowest BCUT2D eigenvalue weighted by atomic mass is 10.1. The molecule has 6 nitrogen and oxygen atoms in total. The molecule has 3 heterocycles. The summed E-state index contributed by atoms with van der Waals surface area (Å²) in [4.78, 5) is 10.5. The number of aromatic nitrogens is 5. The van der Waals surface area contributed by atoms with E-state index in [2.05, 4.69) is 25.1 Å². The number of anilines is 1. The molecular formula is C11H14N6. The van der Waals surface area contributed by atoms with E-state index in [1.165, 1.54) is 0 Å². The molecule has 1 saturated heterocycles. The van der Waals surface area contributed by atoms with Crippen molar-refractivity contribution in [2.24, 2.45) is 7.05 Å². The Bertz CT molecular complexity index is 494. The Morgan fingerprint density at radius 3 is 3.06 bits per heavy atom. The number of nitrogens with zero attached hydrogens (tertiary/aromatic N) is 6. The summed E-state index contributed by atoms with van der Waals surface area (Å²) in [6.07, 6.45) is 6.21. The summed E-state index contributed by atoms with van der Waals surface area (Å²) in [5.74, 6) is 2.49. The van der Waals surface area contributed by atoms with Gasteiger partial charge in [-0.05, 0) is 12.5 Å². The molecule has 88 valence electrons. The van der Waals surface area contributed by atoms with Crippen LogP contribution < -0.4 is 4.90 Å². The summed E-state index contributed by atoms with van der Waals surface area (Å²) >= 11 is 0. The Morgan fingerprint density at radius 2 is 2.35 bits per heavy atom. The molecule has 0 bridgehead atoms. The zero-order valence-corrected chi connectivity index (χ0v) is 9.69. The first-order chi connectivity index (χ1) is 8.34. The van der Waals surface area contributed by atoms with Gasteiger partial charge in [-0.1, -0.05) is 0 Å². The van der Waals surface area contributed by atoms with Crippen LogP contribution in [0.3, 0.4) is 0 Å². The minimum Gasteiger partial charge on any atom is -0.356 e. The zero-order chi connectivity index (χ0) is 11.7. The molecule has 1 aliphatic heterocycles. The second kappa shape index (κ2) is 4.12. The maximum atomic E-state index is 4.27. The van der Waals surface area contributed by atoms with E-state index in [0.29, 0.717) is 5.92 Å². The maximum absolute atomic E-state index is 4.27. The third-order valence-corrected chi connectivity index (χ3v) is 3.19. The van der Waals surface area contributed by atoms with Crippen LogP contribution in [0, 0.1) is 0 Å². The van der Waals surface area contributed by atoms with E-state index in [0.717, 1.165) is 31.2 Å². The molecule has 6 heteroatoms. The summed E-state index contributed by atoms with van der Waals surface area (Å²) in [7, 11) is 1.99. The van der Waals surface area contributed by atoms with Crippen LogP contribution in [0.15, 0.2) is 24.9 Å². The van der Waals surface area contributed by atoms with Crippen molar-refractivity contribution < 1.29 is 0 Å². The van der Waals surface area contributed by atoms with Gasteiger partial charge in [0.2, 0.25) is 0 Å². The van der Waals surface area contributed by atoms with Crippen LogP contribution in [0.2, 0.25) is 0 Å². The lowest BCUT2D eigenvalue weighted by molar-refractivity contribution is 0.662. The smallest absolute Gasteiger partial charge is 0.137 e. The summed E-state index contributed by atoms with van der Waals surface area (Å²) in [6, 6.07) is 1.94. The predicted molar refractivity (Wildman–Crippen MR) is 62.6 cm³/mol. The van der Waals surface area contributed by atoms with E-state index in [1.54, 1.807) is 18.9 Å². The Balaban J connectivity index is 1.77. The van der Waals surface area contributed by atoms with Crippen LogP contribution in [0.4, 0.5) is 5.82 Å². The van der Waals surface area contributed by atoms with Crippen LogP contribution in [-0.4, -0.2) is 37.8 Å². The normalized spacial score (nSPS) is 19.8. The standard InChI is InChI=1S/C11H14N6/c1-16-8-14-15-11(16)9-3-5-17(6-9)10-2-4-12-7-13-10/h2,4,7-9H,3,5-6H2,1H3. The molecule has 2 aromatic rings. The lowest BCUT2D eigenvalue weighted by Gasteiger charge is -2.16. The largest absolute Gasteiger partial charge is 0.356 e. The van der Waals surface area contributed by atoms with Gasteiger partial charge in [-0.15, -0.1) is 10.2 Å². The van der Waals surface area contributed by atoms with Crippen LogP contribution in [0.25, 0.3) is 0 Å². The first-order valence-corrected chi connectivity index (χ1v) is 5.69. The van der Waals surface area contributed by atoms with E-state index in [-0.39, 0.29) is 0 Å². The lowest BCUT2D eigenvalue weighted by Crippen LogP contribution is -2.21. The van der Waals surface area contributed by atoms with E-state index in [4.69, 9.17) is 0 Å². The van der Waals surface area contributed by atoms with Crippen molar-refractivity contribution in [3.8, 4) is 0 Å². The van der Waals surface area contributed by atoms with Crippen molar-refractivity contribution in [3.63, 3.8) is 0 Å². The molecule has 0 amide bonds. The second-order valence-corrected chi connectivity index (χ2v) is 4.30. The van der Waals surface area contributed by atoms with E-state index in [1.807, 2.05) is 17.7 Å². The molecule has 0 spiro atoms. The molecule has 0 radical (unpaired) electrons. The van der Waals surface area contributed by atoms with E-state index in [9.17, 15) is 0 Å². The maximum Gasteiger partial charge on any atom is 0.137 e. The second-order valence-electron chi connectivity index (χ2n) is 4.30. The van der Waals surface area contributed by atoms with Gasteiger partial charge in [0, 0.05) is 32.3 Å². The van der Waals surface area contributed by atoms with E-state index >= 15 is 0 Å². The number of hydrogen-bond donors (Lipinski definition) is 0. The van der Waals surface area contributed by atoms with Crippen molar-refractivity contribution in [1.82, 2.24) is 24.7 Å². The van der Waals surface area contributed by atoms with Gasteiger partial charge in [-0.3, -0.25) is 0 Å². The van der Waals surface area contributed by atoms with Crippen LogP contribution in [-0.2, 0) is 7.05 Å². The molecule has 1 atom stereocenters. The SMILES string of the molecule is Cn1cnnc1C1CCN(c2ccncn2)C1. The van der Waals surface area contributed by atoms with Crippen molar-refractivity contribution in [1.29, 1.82) is 0 Å². The summed E-state index contributed by atoms with van der Waals surface area (Å²) < 4.78 is 1.99. The average molecular weight is 230 g/mol. The number of aryl methyl sites for hydroxylation is 1. The van der Waals surface area contributed by atoms with Crippen molar-refractivity contribution in [3.05, 3.63) is 30.7 Å².